The number of carbonyl (C=O) groups excluding carboxylic acids is 3. The summed E-state index contributed by atoms with van der Waals surface area (Å²) in [7, 11) is 1.56. The van der Waals surface area contributed by atoms with Gasteiger partial charge < -0.3 is 20.1 Å². The van der Waals surface area contributed by atoms with Crippen molar-refractivity contribution in [3.63, 3.8) is 0 Å². The van der Waals surface area contributed by atoms with Crippen molar-refractivity contribution in [2.45, 2.75) is 52.0 Å². The van der Waals surface area contributed by atoms with E-state index >= 15 is 0 Å². The fourth-order valence-electron chi connectivity index (χ4n) is 3.95. The van der Waals surface area contributed by atoms with Crippen LogP contribution in [-0.4, -0.2) is 61.0 Å². The topological polar surface area (TPSA) is 112 Å². The molecular weight excluding hydrogens is 436 g/mol. The summed E-state index contributed by atoms with van der Waals surface area (Å²) >= 11 is 0. The molecule has 0 radical (unpaired) electrons. The van der Waals surface area contributed by atoms with Crippen LogP contribution >= 0.6 is 0 Å². The lowest BCUT2D eigenvalue weighted by molar-refractivity contribution is 0.0498. The minimum absolute atomic E-state index is 0.0751. The summed E-state index contributed by atoms with van der Waals surface area (Å²) in [5.41, 5.74) is 3.49. The van der Waals surface area contributed by atoms with Gasteiger partial charge in [0.15, 0.2) is 0 Å². The Kier molecular flexibility index (Phi) is 9.63. The quantitative estimate of drug-likeness (QED) is 0.453. The van der Waals surface area contributed by atoms with Gasteiger partial charge in [0, 0.05) is 44.5 Å². The lowest BCUT2D eigenvalue weighted by Gasteiger charge is -2.08. The number of nitrogens with zero attached hydrogens (tertiary/aromatic N) is 2. The fraction of sp³-hybridized carbons (Fsp3) is 0.520. The molecule has 184 valence electrons. The first-order valence-corrected chi connectivity index (χ1v) is 12.0. The minimum atomic E-state index is -0.413. The van der Waals surface area contributed by atoms with Crippen LogP contribution in [0.4, 0.5) is 0 Å². The zero-order valence-corrected chi connectivity index (χ0v) is 20.0. The van der Waals surface area contributed by atoms with Gasteiger partial charge in [0.1, 0.15) is 5.69 Å². The lowest BCUT2D eigenvalue weighted by atomic mass is 10.0. The standard InChI is InChI=1S/C25H34N4O5/c1-3-29-22-20(8-6-15-33-16-7-14-27-24(22)31)21(28-29)9-4-5-17-34-25(32)19-12-10-18(11-13-19)23(30)26-2/h10-13H,3-9,14-17H2,1-2H3,(H,26,30)(H,27,31). The molecule has 3 rings (SSSR count). The first-order chi connectivity index (χ1) is 16.5. The summed E-state index contributed by atoms with van der Waals surface area (Å²) in [6, 6.07) is 6.37. The van der Waals surface area contributed by atoms with E-state index < -0.39 is 5.97 Å². The summed E-state index contributed by atoms with van der Waals surface area (Å²) in [6.45, 7) is 4.82. The van der Waals surface area contributed by atoms with Gasteiger partial charge in [-0.1, -0.05) is 0 Å². The summed E-state index contributed by atoms with van der Waals surface area (Å²) in [5.74, 6) is -0.691. The Morgan fingerprint density at radius 2 is 1.88 bits per heavy atom. The van der Waals surface area contributed by atoms with Crippen molar-refractivity contribution in [1.82, 2.24) is 20.4 Å². The predicted molar refractivity (Wildman–Crippen MR) is 127 cm³/mol. The van der Waals surface area contributed by atoms with Gasteiger partial charge in [-0.25, -0.2) is 4.79 Å². The van der Waals surface area contributed by atoms with Crippen molar-refractivity contribution in [3.8, 4) is 0 Å². The molecule has 2 heterocycles. The molecule has 34 heavy (non-hydrogen) atoms. The van der Waals surface area contributed by atoms with E-state index in [9.17, 15) is 14.4 Å². The summed E-state index contributed by atoms with van der Waals surface area (Å²) < 4.78 is 12.8. The van der Waals surface area contributed by atoms with Crippen molar-refractivity contribution in [2.75, 3.05) is 33.4 Å². The highest BCUT2D eigenvalue weighted by Gasteiger charge is 2.22. The number of rotatable bonds is 8. The Hall–Kier alpha value is -3.20. The van der Waals surface area contributed by atoms with Crippen molar-refractivity contribution in [1.29, 1.82) is 0 Å². The third-order valence-electron chi connectivity index (χ3n) is 5.77. The number of aromatic nitrogens is 2. The smallest absolute Gasteiger partial charge is 0.338 e. The maximum absolute atomic E-state index is 12.8. The average Bonchev–Trinajstić information content (AvgIpc) is 3.20. The number of hydrogen-bond donors (Lipinski definition) is 2. The van der Waals surface area contributed by atoms with Gasteiger partial charge >= 0.3 is 5.97 Å². The lowest BCUT2D eigenvalue weighted by Crippen LogP contribution is -2.28. The van der Waals surface area contributed by atoms with Gasteiger partial charge in [-0.2, -0.15) is 5.10 Å². The molecule has 0 spiro atoms. The van der Waals surface area contributed by atoms with Gasteiger partial charge in [0.05, 0.1) is 17.9 Å². The zero-order chi connectivity index (χ0) is 24.3. The van der Waals surface area contributed by atoms with Crippen LogP contribution in [0.25, 0.3) is 0 Å². The number of benzene rings is 1. The Bertz CT molecular complexity index is 984. The fourth-order valence-corrected chi connectivity index (χ4v) is 3.95. The van der Waals surface area contributed by atoms with Crippen molar-refractivity contribution < 1.29 is 23.9 Å². The number of unbranched alkanes of at least 4 members (excludes halogenated alkanes) is 1. The number of aryl methyl sites for hydroxylation is 2. The molecular formula is C25H34N4O5. The first kappa shape index (κ1) is 25.4. The van der Waals surface area contributed by atoms with E-state index in [0.29, 0.717) is 62.6 Å². The van der Waals surface area contributed by atoms with Crippen LogP contribution < -0.4 is 10.6 Å². The summed E-state index contributed by atoms with van der Waals surface area (Å²) in [5, 5.41) is 10.2. The Morgan fingerprint density at radius 3 is 2.62 bits per heavy atom. The highest BCUT2D eigenvalue weighted by Crippen LogP contribution is 2.20. The van der Waals surface area contributed by atoms with E-state index in [1.807, 2.05) is 6.92 Å². The average molecular weight is 471 g/mol. The molecule has 0 saturated carbocycles. The number of carbonyl (C=O) groups is 3. The third kappa shape index (κ3) is 6.66. The van der Waals surface area contributed by atoms with E-state index in [4.69, 9.17) is 14.6 Å². The molecule has 1 aromatic carbocycles. The van der Waals surface area contributed by atoms with Crippen LogP contribution in [0.2, 0.25) is 0 Å². The van der Waals surface area contributed by atoms with Crippen molar-refractivity contribution in [2.24, 2.45) is 0 Å². The monoisotopic (exact) mass is 470 g/mol. The summed E-state index contributed by atoms with van der Waals surface area (Å²) in [4.78, 5) is 36.7. The largest absolute Gasteiger partial charge is 0.462 e. The highest BCUT2D eigenvalue weighted by molar-refractivity contribution is 5.96. The molecule has 2 aromatic rings. The Morgan fingerprint density at radius 1 is 1.15 bits per heavy atom. The number of amides is 2. The molecule has 0 fully saturated rings. The normalized spacial score (nSPS) is 14.5. The SMILES string of the molecule is CCn1nc(CCCCOC(=O)c2ccc(C(=O)NC)cc2)c2c1C(=O)NCCCOCCC2. The maximum atomic E-state index is 12.8. The molecule has 2 amide bonds. The van der Waals surface area contributed by atoms with Crippen LogP contribution in [0, 0.1) is 0 Å². The van der Waals surface area contributed by atoms with Crippen molar-refractivity contribution >= 4 is 17.8 Å². The Labute approximate surface area is 200 Å². The number of esters is 1. The van der Waals surface area contributed by atoms with Gasteiger partial charge in [-0.3, -0.25) is 14.3 Å². The minimum Gasteiger partial charge on any atom is -0.462 e. The van der Waals surface area contributed by atoms with E-state index in [2.05, 4.69) is 10.6 Å². The van der Waals surface area contributed by atoms with E-state index in [0.717, 1.165) is 36.9 Å². The molecule has 0 atom stereocenters. The molecule has 0 unspecified atom stereocenters. The van der Waals surface area contributed by atoms with Gasteiger partial charge in [-0.15, -0.1) is 0 Å². The maximum Gasteiger partial charge on any atom is 0.338 e. The van der Waals surface area contributed by atoms with Crippen LogP contribution in [0.15, 0.2) is 24.3 Å². The number of nitrogens with one attached hydrogen (secondary N) is 2. The van der Waals surface area contributed by atoms with Crippen molar-refractivity contribution in [3.05, 3.63) is 52.3 Å². The summed E-state index contributed by atoms with van der Waals surface area (Å²) in [6.07, 6.45) is 4.57. The second kappa shape index (κ2) is 12.9. The van der Waals surface area contributed by atoms with Crippen LogP contribution in [0.5, 0.6) is 0 Å². The highest BCUT2D eigenvalue weighted by atomic mass is 16.5. The van der Waals surface area contributed by atoms with Crippen LogP contribution in [0.1, 0.15) is 75.1 Å². The zero-order valence-electron chi connectivity index (χ0n) is 20.0. The van der Waals surface area contributed by atoms with E-state index in [1.165, 1.54) is 0 Å². The van der Waals surface area contributed by atoms with E-state index in [1.54, 1.807) is 36.0 Å². The molecule has 1 aliphatic rings. The molecule has 0 bridgehead atoms. The second-order valence-electron chi connectivity index (χ2n) is 8.16. The molecule has 0 saturated heterocycles. The molecule has 9 heteroatoms. The predicted octanol–water partition coefficient (Wildman–Crippen LogP) is 2.53. The van der Waals surface area contributed by atoms with Gasteiger partial charge in [-0.05, 0) is 69.7 Å². The molecule has 2 N–H and O–H groups in total. The van der Waals surface area contributed by atoms with Gasteiger partial charge in [0.25, 0.3) is 11.8 Å². The number of hydrogen-bond acceptors (Lipinski definition) is 6. The second-order valence-corrected chi connectivity index (χ2v) is 8.16. The molecule has 0 aliphatic carbocycles. The number of ether oxygens (including phenoxy) is 2. The molecule has 1 aliphatic heterocycles. The van der Waals surface area contributed by atoms with Crippen LogP contribution in [-0.2, 0) is 28.9 Å². The third-order valence-corrected chi connectivity index (χ3v) is 5.77. The van der Waals surface area contributed by atoms with Crippen LogP contribution in [0.3, 0.4) is 0 Å². The Balaban J connectivity index is 1.54. The molecule has 9 nitrogen and oxygen atoms in total. The van der Waals surface area contributed by atoms with Gasteiger partial charge in [0.2, 0.25) is 0 Å². The molecule has 1 aromatic heterocycles. The first-order valence-electron chi connectivity index (χ1n) is 12.0. The number of fused-ring (bicyclic) bond motifs is 1. The van der Waals surface area contributed by atoms with E-state index in [-0.39, 0.29) is 11.8 Å².